The van der Waals surface area contributed by atoms with E-state index in [1.165, 1.54) is 20.9 Å². The molecule has 0 aliphatic heterocycles. The largest absolute Gasteiger partial charge is 0.129 e. The summed E-state index contributed by atoms with van der Waals surface area (Å²) in [5, 5.41) is 0. The van der Waals surface area contributed by atoms with Gasteiger partial charge in [0, 0.05) is 18.7 Å². The maximum absolute atomic E-state index is 3.54. The predicted octanol–water partition coefficient (Wildman–Crippen LogP) is 6.83. The highest BCUT2D eigenvalue weighted by molar-refractivity contribution is 9.10. The van der Waals surface area contributed by atoms with Crippen LogP contribution in [0.4, 0.5) is 0 Å². The molecule has 0 unspecified atom stereocenters. The van der Waals surface area contributed by atoms with Crippen molar-refractivity contribution in [2.24, 2.45) is 0 Å². The summed E-state index contributed by atoms with van der Waals surface area (Å²) < 4.78 is 2.21. The quantitative estimate of drug-likeness (QED) is 0.386. The van der Waals surface area contributed by atoms with E-state index in [0.717, 1.165) is 8.95 Å². The van der Waals surface area contributed by atoms with Crippen molar-refractivity contribution in [2.75, 3.05) is 12.5 Å². The maximum Gasteiger partial charge on any atom is 0.0182 e. The van der Waals surface area contributed by atoms with Crippen molar-refractivity contribution in [1.29, 1.82) is 0 Å². The lowest BCUT2D eigenvalue weighted by molar-refractivity contribution is 1.39. The molecule has 0 radical (unpaired) electrons. The SMILES string of the molecule is CSc1ccc(Br)cc1/C=C/c1cc(Br)ccc1SC. The van der Waals surface area contributed by atoms with E-state index in [-0.39, 0.29) is 0 Å². The van der Waals surface area contributed by atoms with Crippen LogP contribution in [0.2, 0.25) is 0 Å². The fourth-order valence-electron chi connectivity index (χ4n) is 1.85. The average Bonchev–Trinajstić information content (AvgIpc) is 2.45. The molecular formula is C16H14Br2S2. The fraction of sp³-hybridized carbons (Fsp3) is 0.125. The molecule has 0 aliphatic rings. The molecule has 0 heterocycles. The summed E-state index contributed by atoms with van der Waals surface area (Å²) in [5.41, 5.74) is 2.47. The highest BCUT2D eigenvalue weighted by Crippen LogP contribution is 2.29. The van der Waals surface area contributed by atoms with Gasteiger partial charge in [0.15, 0.2) is 0 Å². The Morgan fingerprint density at radius 2 is 1.15 bits per heavy atom. The van der Waals surface area contributed by atoms with E-state index in [0.29, 0.717) is 0 Å². The van der Waals surface area contributed by atoms with Gasteiger partial charge in [-0.25, -0.2) is 0 Å². The lowest BCUT2D eigenvalue weighted by atomic mass is 10.1. The van der Waals surface area contributed by atoms with Crippen molar-refractivity contribution in [3.8, 4) is 0 Å². The minimum atomic E-state index is 1.11. The molecule has 4 heteroatoms. The Morgan fingerprint density at radius 1 is 0.750 bits per heavy atom. The van der Waals surface area contributed by atoms with Crippen LogP contribution in [0.5, 0.6) is 0 Å². The summed E-state index contributed by atoms with van der Waals surface area (Å²) >= 11 is 10.6. The van der Waals surface area contributed by atoms with E-state index in [1.807, 2.05) is 0 Å². The van der Waals surface area contributed by atoms with Crippen LogP contribution in [0.15, 0.2) is 55.1 Å². The van der Waals surface area contributed by atoms with Crippen LogP contribution in [0, 0.1) is 0 Å². The molecule has 0 amide bonds. The molecule has 0 aliphatic carbocycles. The number of hydrogen-bond donors (Lipinski definition) is 0. The molecule has 0 N–H and O–H groups in total. The van der Waals surface area contributed by atoms with E-state index in [1.54, 1.807) is 23.5 Å². The molecule has 0 bridgehead atoms. The minimum Gasteiger partial charge on any atom is -0.129 e. The van der Waals surface area contributed by atoms with Crippen LogP contribution in [0.25, 0.3) is 12.2 Å². The number of thioether (sulfide) groups is 2. The maximum atomic E-state index is 3.54. The normalized spacial score (nSPS) is 11.2. The second-order valence-corrected chi connectivity index (χ2v) is 7.63. The average molecular weight is 430 g/mol. The van der Waals surface area contributed by atoms with E-state index < -0.39 is 0 Å². The van der Waals surface area contributed by atoms with E-state index >= 15 is 0 Å². The van der Waals surface area contributed by atoms with Gasteiger partial charge in [-0.15, -0.1) is 23.5 Å². The first-order valence-corrected chi connectivity index (χ1v) is 10.0. The molecule has 0 spiro atoms. The minimum absolute atomic E-state index is 1.11. The number of rotatable bonds is 4. The smallest absolute Gasteiger partial charge is 0.0182 e. The third-order valence-corrected chi connectivity index (χ3v) is 5.44. The van der Waals surface area contributed by atoms with Crippen molar-refractivity contribution < 1.29 is 0 Å². The van der Waals surface area contributed by atoms with Gasteiger partial charge in [-0.3, -0.25) is 0 Å². The molecule has 20 heavy (non-hydrogen) atoms. The molecule has 0 saturated heterocycles. The molecular weight excluding hydrogens is 416 g/mol. The highest BCUT2D eigenvalue weighted by atomic mass is 79.9. The number of hydrogen-bond acceptors (Lipinski definition) is 2. The zero-order valence-electron chi connectivity index (χ0n) is 11.2. The van der Waals surface area contributed by atoms with Crippen LogP contribution >= 0.6 is 55.4 Å². The predicted molar refractivity (Wildman–Crippen MR) is 101 cm³/mol. The summed E-state index contributed by atoms with van der Waals surface area (Å²) in [7, 11) is 0. The monoisotopic (exact) mass is 428 g/mol. The molecule has 0 saturated carbocycles. The van der Waals surface area contributed by atoms with Crippen molar-refractivity contribution >= 4 is 67.5 Å². The number of halogens is 2. The van der Waals surface area contributed by atoms with E-state index in [2.05, 4.69) is 92.9 Å². The molecule has 0 fully saturated rings. The van der Waals surface area contributed by atoms with Gasteiger partial charge in [0.25, 0.3) is 0 Å². The van der Waals surface area contributed by atoms with Gasteiger partial charge in [-0.1, -0.05) is 44.0 Å². The summed E-state index contributed by atoms with van der Waals surface area (Å²) in [4.78, 5) is 2.57. The zero-order valence-corrected chi connectivity index (χ0v) is 16.0. The van der Waals surface area contributed by atoms with Crippen LogP contribution in [-0.4, -0.2) is 12.5 Å². The molecule has 2 aromatic carbocycles. The van der Waals surface area contributed by atoms with Crippen LogP contribution in [-0.2, 0) is 0 Å². The Labute approximate surface area is 145 Å². The van der Waals surface area contributed by atoms with Gasteiger partial charge in [-0.2, -0.15) is 0 Å². The van der Waals surface area contributed by atoms with Crippen molar-refractivity contribution in [3.05, 3.63) is 56.5 Å². The third kappa shape index (κ3) is 4.17. The van der Waals surface area contributed by atoms with Crippen LogP contribution < -0.4 is 0 Å². The first-order chi connectivity index (χ1) is 9.63. The van der Waals surface area contributed by atoms with Gasteiger partial charge < -0.3 is 0 Å². The van der Waals surface area contributed by atoms with Gasteiger partial charge in [-0.05, 0) is 60.0 Å². The lowest BCUT2D eigenvalue weighted by Gasteiger charge is -2.06. The molecule has 104 valence electrons. The van der Waals surface area contributed by atoms with Crippen molar-refractivity contribution in [2.45, 2.75) is 9.79 Å². The van der Waals surface area contributed by atoms with Crippen LogP contribution in [0.3, 0.4) is 0 Å². The molecule has 0 atom stereocenters. The topological polar surface area (TPSA) is 0 Å². The van der Waals surface area contributed by atoms with E-state index in [9.17, 15) is 0 Å². The lowest BCUT2D eigenvalue weighted by Crippen LogP contribution is -1.81. The summed E-state index contributed by atoms with van der Waals surface area (Å²) in [6.07, 6.45) is 8.57. The third-order valence-electron chi connectivity index (χ3n) is 2.83. The number of benzene rings is 2. The van der Waals surface area contributed by atoms with Crippen molar-refractivity contribution in [3.63, 3.8) is 0 Å². The van der Waals surface area contributed by atoms with Crippen LogP contribution in [0.1, 0.15) is 11.1 Å². The Morgan fingerprint density at radius 3 is 1.50 bits per heavy atom. The Balaban J connectivity index is 2.38. The van der Waals surface area contributed by atoms with Gasteiger partial charge in [0.1, 0.15) is 0 Å². The Kier molecular flexibility index (Phi) is 6.27. The summed E-state index contributed by atoms with van der Waals surface area (Å²) in [5.74, 6) is 0. The van der Waals surface area contributed by atoms with Gasteiger partial charge in [0.2, 0.25) is 0 Å². The second kappa shape index (κ2) is 7.74. The van der Waals surface area contributed by atoms with E-state index in [4.69, 9.17) is 0 Å². The first-order valence-electron chi connectivity index (χ1n) is 5.99. The zero-order chi connectivity index (χ0) is 14.5. The second-order valence-electron chi connectivity index (χ2n) is 4.11. The summed E-state index contributed by atoms with van der Waals surface area (Å²) in [6, 6.07) is 12.7. The Hall–Kier alpha value is -0.160. The fourth-order valence-corrected chi connectivity index (χ4v) is 3.74. The Bertz CT molecular complexity index is 581. The molecule has 2 aromatic rings. The molecule has 2 rings (SSSR count). The van der Waals surface area contributed by atoms with Crippen molar-refractivity contribution in [1.82, 2.24) is 0 Å². The van der Waals surface area contributed by atoms with Gasteiger partial charge in [0.05, 0.1) is 0 Å². The first kappa shape index (κ1) is 16.2. The molecule has 0 nitrogen and oxygen atoms in total. The van der Waals surface area contributed by atoms with Gasteiger partial charge >= 0.3 is 0 Å². The molecule has 0 aromatic heterocycles. The summed E-state index contributed by atoms with van der Waals surface area (Å²) in [6.45, 7) is 0. The highest BCUT2D eigenvalue weighted by Gasteiger charge is 2.02. The standard InChI is InChI=1S/C16H14Br2S2/c1-19-15-7-5-13(17)9-11(15)3-4-12-10-14(18)6-8-16(12)20-2/h3-10H,1-2H3/b4-3+.